The number of aromatic nitrogens is 1. The number of fused-ring (bicyclic) bond motifs is 2. The van der Waals surface area contributed by atoms with Gasteiger partial charge in [0.1, 0.15) is 11.5 Å². The fourth-order valence-corrected chi connectivity index (χ4v) is 3.92. The molecule has 0 radical (unpaired) electrons. The molecule has 0 bridgehead atoms. The van der Waals surface area contributed by atoms with E-state index in [1.54, 1.807) is 31.4 Å². The number of Topliss-reactive ketones (excluding diaryl/α,β-unsaturated/α-hetero) is 1. The van der Waals surface area contributed by atoms with E-state index in [0.717, 1.165) is 46.6 Å². The third-order valence-electron chi connectivity index (χ3n) is 5.74. The molecule has 8 nitrogen and oxygen atoms in total. The van der Waals surface area contributed by atoms with Gasteiger partial charge in [0.05, 0.1) is 18.4 Å². The Morgan fingerprint density at radius 3 is 2.67 bits per heavy atom. The maximum absolute atomic E-state index is 13.0. The van der Waals surface area contributed by atoms with Crippen LogP contribution in [0.3, 0.4) is 0 Å². The van der Waals surface area contributed by atoms with Crippen molar-refractivity contribution in [2.45, 2.75) is 13.0 Å². The van der Waals surface area contributed by atoms with Gasteiger partial charge in [0, 0.05) is 42.3 Å². The molecule has 1 amide bonds. The van der Waals surface area contributed by atoms with Crippen LogP contribution >= 0.6 is 0 Å². The smallest absolute Gasteiger partial charge is 0.411 e. The minimum Gasteiger partial charge on any atom is -0.497 e. The Hall–Kier alpha value is -3.78. The summed E-state index contributed by atoms with van der Waals surface area (Å²) in [6.45, 7) is 1.81. The highest BCUT2D eigenvalue weighted by Gasteiger charge is 2.28. The summed E-state index contributed by atoms with van der Waals surface area (Å²) in [6.07, 6.45) is 3.66. The summed E-state index contributed by atoms with van der Waals surface area (Å²) in [6, 6.07) is 10.7. The molecule has 0 atom stereocenters. The lowest BCUT2D eigenvalue weighted by Gasteiger charge is -2.13. The molecular formula is C25H27N3O5. The van der Waals surface area contributed by atoms with E-state index in [1.807, 2.05) is 24.4 Å². The number of amides is 1. The number of rotatable bonds is 7. The third-order valence-corrected chi connectivity index (χ3v) is 5.74. The number of nitrogens with zero attached hydrogens (tertiary/aromatic N) is 3. The van der Waals surface area contributed by atoms with Crippen LogP contribution in [-0.4, -0.2) is 61.2 Å². The van der Waals surface area contributed by atoms with Crippen molar-refractivity contribution in [3.05, 3.63) is 59.5 Å². The summed E-state index contributed by atoms with van der Waals surface area (Å²) in [5.74, 6) is 1.06. The molecule has 0 spiro atoms. The highest BCUT2D eigenvalue weighted by Crippen LogP contribution is 2.36. The summed E-state index contributed by atoms with van der Waals surface area (Å²) in [5.41, 5.74) is 2.75. The number of hydrogen-bond donors (Lipinski definition) is 1. The molecule has 0 saturated carbocycles. The standard InChI is InChI=1S/C25H27N3O5/c1-26(2)10-5-11-28-15-16(20-14-18(32-4)7-9-21(20)28)12-23-24(29)19-8-6-17(13-22(19)33-23)27(3)25(30)31/h6-9,12-15H,5,10-11H2,1-4H3,(H,30,31). The number of ether oxygens (including phenoxy) is 2. The lowest BCUT2D eigenvalue weighted by molar-refractivity contribution is 0.101. The molecule has 1 aromatic heterocycles. The number of ketones is 1. The monoisotopic (exact) mass is 449 g/mol. The van der Waals surface area contributed by atoms with Crippen LogP contribution in [-0.2, 0) is 6.54 Å². The van der Waals surface area contributed by atoms with E-state index < -0.39 is 6.09 Å². The summed E-state index contributed by atoms with van der Waals surface area (Å²) in [4.78, 5) is 27.4. The van der Waals surface area contributed by atoms with Gasteiger partial charge >= 0.3 is 6.09 Å². The molecule has 3 aromatic rings. The predicted molar refractivity (Wildman–Crippen MR) is 127 cm³/mol. The van der Waals surface area contributed by atoms with E-state index in [2.05, 4.69) is 23.6 Å². The van der Waals surface area contributed by atoms with Crippen LogP contribution in [0.1, 0.15) is 22.3 Å². The second-order valence-corrected chi connectivity index (χ2v) is 8.28. The molecule has 0 aliphatic carbocycles. The van der Waals surface area contributed by atoms with E-state index in [9.17, 15) is 14.7 Å². The molecule has 1 N–H and O–H groups in total. The van der Waals surface area contributed by atoms with Gasteiger partial charge in [0.2, 0.25) is 5.78 Å². The van der Waals surface area contributed by atoms with Gasteiger partial charge in [0.25, 0.3) is 0 Å². The average Bonchev–Trinajstić information content (AvgIpc) is 3.29. The lowest BCUT2D eigenvalue weighted by atomic mass is 10.1. The van der Waals surface area contributed by atoms with Gasteiger partial charge in [-0.1, -0.05) is 0 Å². The van der Waals surface area contributed by atoms with E-state index in [1.165, 1.54) is 7.05 Å². The average molecular weight is 450 g/mol. The maximum Gasteiger partial charge on any atom is 0.411 e. The largest absolute Gasteiger partial charge is 0.497 e. The number of benzene rings is 2. The quantitative estimate of drug-likeness (QED) is 0.541. The number of carbonyl (C=O) groups is 2. The summed E-state index contributed by atoms with van der Waals surface area (Å²) in [7, 11) is 7.17. The Bertz CT molecular complexity index is 1260. The van der Waals surface area contributed by atoms with Crippen LogP contribution in [0, 0.1) is 0 Å². The zero-order chi connectivity index (χ0) is 23.7. The van der Waals surface area contributed by atoms with E-state index in [-0.39, 0.29) is 11.5 Å². The van der Waals surface area contributed by atoms with Crippen LogP contribution in [0.4, 0.5) is 10.5 Å². The Morgan fingerprint density at radius 1 is 1.18 bits per heavy atom. The summed E-state index contributed by atoms with van der Waals surface area (Å²) >= 11 is 0. The summed E-state index contributed by atoms with van der Waals surface area (Å²) < 4.78 is 13.5. The number of aryl methyl sites for hydroxylation is 1. The van der Waals surface area contributed by atoms with E-state index in [4.69, 9.17) is 9.47 Å². The molecule has 33 heavy (non-hydrogen) atoms. The molecular weight excluding hydrogens is 422 g/mol. The van der Waals surface area contributed by atoms with Crippen LogP contribution in [0.2, 0.25) is 0 Å². The van der Waals surface area contributed by atoms with Crippen molar-refractivity contribution >= 4 is 34.5 Å². The van der Waals surface area contributed by atoms with E-state index >= 15 is 0 Å². The molecule has 2 heterocycles. The van der Waals surface area contributed by atoms with Crippen molar-refractivity contribution in [3.8, 4) is 11.5 Å². The first-order chi connectivity index (χ1) is 15.8. The van der Waals surface area contributed by atoms with Gasteiger partial charge in [-0.3, -0.25) is 9.69 Å². The molecule has 0 fully saturated rings. The lowest BCUT2D eigenvalue weighted by Crippen LogP contribution is -2.23. The Balaban J connectivity index is 1.70. The fourth-order valence-electron chi connectivity index (χ4n) is 3.92. The number of carboxylic acid groups (broad SMARTS) is 1. The zero-order valence-corrected chi connectivity index (χ0v) is 19.2. The second-order valence-electron chi connectivity index (χ2n) is 8.28. The topological polar surface area (TPSA) is 84.2 Å². The van der Waals surface area contributed by atoms with Crippen molar-refractivity contribution in [1.29, 1.82) is 0 Å². The Kier molecular flexibility index (Phi) is 6.11. The van der Waals surface area contributed by atoms with Crippen molar-refractivity contribution in [2.75, 3.05) is 39.7 Å². The molecule has 1 aliphatic heterocycles. The normalized spacial score (nSPS) is 14.1. The van der Waals surface area contributed by atoms with Crippen LogP contribution < -0.4 is 14.4 Å². The minimum absolute atomic E-state index is 0.204. The number of anilines is 1. The van der Waals surface area contributed by atoms with Crippen molar-refractivity contribution in [2.24, 2.45) is 0 Å². The van der Waals surface area contributed by atoms with Gasteiger partial charge in [-0.25, -0.2) is 4.79 Å². The third kappa shape index (κ3) is 4.42. The number of carbonyl (C=O) groups excluding carboxylic acids is 1. The minimum atomic E-state index is -1.09. The predicted octanol–water partition coefficient (Wildman–Crippen LogP) is 4.33. The molecule has 0 unspecified atom stereocenters. The molecule has 0 saturated heterocycles. The molecule has 8 heteroatoms. The Morgan fingerprint density at radius 2 is 1.97 bits per heavy atom. The van der Waals surface area contributed by atoms with Crippen LogP contribution in [0.25, 0.3) is 17.0 Å². The maximum atomic E-state index is 13.0. The highest BCUT2D eigenvalue weighted by molar-refractivity contribution is 6.15. The first-order valence-corrected chi connectivity index (χ1v) is 10.6. The molecule has 1 aliphatic rings. The first kappa shape index (κ1) is 22.4. The number of allylic oxidation sites excluding steroid dienone is 1. The first-order valence-electron chi connectivity index (χ1n) is 10.6. The SMILES string of the molecule is COc1ccc2c(c1)c(C=C1Oc3cc(N(C)C(=O)O)ccc3C1=O)cn2CCCN(C)C. The van der Waals surface area contributed by atoms with Gasteiger partial charge in [-0.05, 0) is 63.5 Å². The van der Waals surface area contributed by atoms with Gasteiger partial charge < -0.3 is 24.0 Å². The van der Waals surface area contributed by atoms with Crippen molar-refractivity contribution in [3.63, 3.8) is 0 Å². The van der Waals surface area contributed by atoms with Crippen molar-refractivity contribution in [1.82, 2.24) is 9.47 Å². The number of methoxy groups -OCH3 is 1. The van der Waals surface area contributed by atoms with Gasteiger partial charge in [0.15, 0.2) is 5.76 Å². The van der Waals surface area contributed by atoms with Crippen molar-refractivity contribution < 1.29 is 24.2 Å². The summed E-state index contributed by atoms with van der Waals surface area (Å²) in [5, 5.41) is 10.2. The van der Waals surface area contributed by atoms with Gasteiger partial charge in [-0.2, -0.15) is 0 Å². The van der Waals surface area contributed by atoms with E-state index in [0.29, 0.717) is 17.0 Å². The Labute approximate surface area is 192 Å². The van der Waals surface area contributed by atoms with Gasteiger partial charge in [-0.15, -0.1) is 0 Å². The molecule has 2 aromatic carbocycles. The second kappa shape index (κ2) is 8.99. The molecule has 4 rings (SSSR count). The van der Waals surface area contributed by atoms with Crippen LogP contribution in [0.15, 0.2) is 48.4 Å². The number of hydrogen-bond acceptors (Lipinski definition) is 5. The van der Waals surface area contributed by atoms with Crippen LogP contribution in [0.5, 0.6) is 11.5 Å². The fraction of sp³-hybridized carbons (Fsp3) is 0.280. The molecule has 172 valence electrons. The highest BCUT2D eigenvalue weighted by atomic mass is 16.5. The zero-order valence-electron chi connectivity index (χ0n) is 19.2.